The average molecular weight is 464 g/mol. The van der Waals surface area contributed by atoms with Gasteiger partial charge in [-0.3, -0.25) is 9.48 Å². The van der Waals surface area contributed by atoms with E-state index in [1.807, 2.05) is 0 Å². The number of alkyl halides is 4. The van der Waals surface area contributed by atoms with Gasteiger partial charge in [-0.1, -0.05) is 23.4 Å². The Morgan fingerprint density at radius 3 is 2.73 bits per heavy atom. The van der Waals surface area contributed by atoms with Crippen molar-refractivity contribution < 1.29 is 27.1 Å². The number of halogens is 5. The van der Waals surface area contributed by atoms with Crippen molar-refractivity contribution in [2.45, 2.75) is 19.4 Å². The van der Waals surface area contributed by atoms with Crippen LogP contribution >= 0.6 is 23.4 Å². The van der Waals surface area contributed by atoms with Crippen LogP contribution in [0.3, 0.4) is 0 Å². The van der Waals surface area contributed by atoms with E-state index in [9.17, 15) is 22.4 Å². The minimum atomic E-state index is -3.09. The van der Waals surface area contributed by atoms with E-state index in [-0.39, 0.29) is 18.2 Å². The third-order valence-corrected chi connectivity index (χ3v) is 5.19. The van der Waals surface area contributed by atoms with Crippen LogP contribution in [0, 0.1) is 0 Å². The number of nitrogens with zero attached hydrogens (tertiary/aromatic N) is 4. The predicted octanol–water partition coefficient (Wildman–Crippen LogP) is 4.02. The molecular formula is C17H14ClF4N5O2S. The van der Waals surface area contributed by atoms with E-state index in [2.05, 4.69) is 20.6 Å². The first-order chi connectivity index (χ1) is 14.3. The molecule has 0 spiro atoms. The molecule has 13 heteroatoms. The molecule has 1 aliphatic heterocycles. The van der Waals surface area contributed by atoms with Crippen molar-refractivity contribution >= 4 is 40.7 Å². The molecule has 160 valence electrons. The zero-order valence-electron chi connectivity index (χ0n) is 15.3. The molecule has 0 aliphatic carbocycles. The number of carbonyl (C=O) groups excluding carboxylic acids is 1. The van der Waals surface area contributed by atoms with Gasteiger partial charge in [-0.05, 0) is 23.8 Å². The molecule has 30 heavy (non-hydrogen) atoms. The minimum absolute atomic E-state index is 0.170. The fourth-order valence-corrected chi connectivity index (χ4v) is 3.56. The molecule has 0 unspecified atom stereocenters. The van der Waals surface area contributed by atoms with E-state index in [4.69, 9.17) is 16.3 Å². The third kappa shape index (κ3) is 4.93. The van der Waals surface area contributed by atoms with Gasteiger partial charge in [0.05, 0.1) is 30.6 Å². The van der Waals surface area contributed by atoms with Crippen LogP contribution in [0.5, 0.6) is 5.75 Å². The Hall–Kier alpha value is -2.60. The normalized spacial score (nSPS) is 15.7. The molecule has 0 bridgehead atoms. The zero-order valence-corrected chi connectivity index (χ0v) is 16.9. The number of carbonyl (C=O) groups is 1. The molecule has 1 aromatic heterocycles. The highest BCUT2D eigenvalue weighted by Gasteiger charge is 2.28. The van der Waals surface area contributed by atoms with Gasteiger partial charge in [0.2, 0.25) is 5.91 Å². The van der Waals surface area contributed by atoms with E-state index in [1.165, 1.54) is 25.1 Å². The molecule has 1 aliphatic rings. The number of thioether (sulfide) groups is 1. The smallest absolute Gasteiger partial charge is 0.283 e. The second kappa shape index (κ2) is 9.47. The van der Waals surface area contributed by atoms with E-state index >= 15 is 0 Å². The lowest BCUT2D eigenvalue weighted by Crippen LogP contribution is -2.19. The van der Waals surface area contributed by atoms with Gasteiger partial charge in [0, 0.05) is 5.56 Å². The van der Waals surface area contributed by atoms with Crippen LogP contribution < -0.4 is 10.1 Å². The van der Waals surface area contributed by atoms with Crippen LogP contribution in [0.1, 0.15) is 35.4 Å². The Balaban J connectivity index is 1.90. The summed E-state index contributed by atoms with van der Waals surface area (Å²) in [6, 6.07) is 4.77. The zero-order chi connectivity index (χ0) is 21.8. The molecule has 1 N–H and O–H groups in total. The summed E-state index contributed by atoms with van der Waals surface area (Å²) in [4.78, 5) is 11.1. The number of ether oxygens (including phenoxy) is 1. The average Bonchev–Trinajstić information content (AvgIpc) is 3.25. The Kier molecular flexibility index (Phi) is 6.98. The highest BCUT2D eigenvalue weighted by Crippen LogP contribution is 2.35. The van der Waals surface area contributed by atoms with Crippen molar-refractivity contribution in [1.29, 1.82) is 0 Å². The first kappa shape index (κ1) is 22.1. The van der Waals surface area contributed by atoms with E-state index in [0.29, 0.717) is 22.0 Å². The summed E-state index contributed by atoms with van der Waals surface area (Å²) < 4.78 is 58.8. The Morgan fingerprint density at radius 1 is 1.37 bits per heavy atom. The molecule has 1 aromatic carbocycles. The Bertz CT molecular complexity index is 1010. The van der Waals surface area contributed by atoms with Gasteiger partial charge >= 0.3 is 0 Å². The van der Waals surface area contributed by atoms with Gasteiger partial charge in [-0.2, -0.15) is 10.2 Å². The number of aromatic nitrogens is 2. The van der Waals surface area contributed by atoms with Crippen LogP contribution in [-0.4, -0.2) is 39.9 Å². The lowest BCUT2D eigenvalue weighted by Gasteiger charge is -2.12. The minimum Gasteiger partial charge on any atom is -0.496 e. The number of methoxy groups -OCH3 is 1. The molecule has 2 heterocycles. The predicted molar refractivity (Wildman–Crippen MR) is 105 cm³/mol. The number of benzene rings is 1. The molecular weight excluding hydrogens is 450 g/mol. The summed E-state index contributed by atoms with van der Waals surface area (Å²) >= 11 is 6.90. The van der Waals surface area contributed by atoms with Crippen molar-refractivity contribution in [3.05, 3.63) is 45.7 Å². The number of nitrogens with one attached hydrogen (secondary N) is 1. The Morgan fingerprint density at radius 2 is 2.13 bits per heavy atom. The number of amides is 1. The van der Waals surface area contributed by atoms with Gasteiger partial charge < -0.3 is 10.1 Å². The number of rotatable bonds is 7. The number of hydrogen-bond acceptors (Lipinski definition) is 6. The highest BCUT2D eigenvalue weighted by molar-refractivity contribution is 8.15. The summed E-state index contributed by atoms with van der Waals surface area (Å²) in [5.41, 5.74) is -0.779. The maximum Gasteiger partial charge on any atom is 0.283 e. The summed E-state index contributed by atoms with van der Waals surface area (Å²) in [5.74, 6) is 0.430. The SMILES string of the molecule is COc1ccc(C=NN=C2NC(=O)CS2)cc1Cn1nc(C(F)F)c(Cl)c1C(F)F. The molecule has 0 saturated carbocycles. The summed E-state index contributed by atoms with van der Waals surface area (Å²) in [6.07, 6.45) is -4.80. The van der Waals surface area contributed by atoms with Crippen LogP contribution in [0.15, 0.2) is 28.4 Å². The second-order valence-corrected chi connectivity index (χ2v) is 7.24. The Labute approximate surface area is 177 Å². The van der Waals surface area contributed by atoms with E-state index in [0.717, 1.165) is 4.68 Å². The standard InChI is InChI=1S/C17H14ClF4N5O2S/c1-29-10-3-2-8(5-23-25-17-24-11(28)7-30-17)4-9(10)6-27-14(16(21)22)12(18)13(26-27)15(19)20/h2-5,15-16H,6-7H2,1H3,(H,24,25,28). The van der Waals surface area contributed by atoms with Crippen LogP contribution in [0.4, 0.5) is 17.6 Å². The molecule has 2 aromatic rings. The van der Waals surface area contributed by atoms with Crippen molar-refractivity contribution in [1.82, 2.24) is 15.1 Å². The van der Waals surface area contributed by atoms with Crippen molar-refractivity contribution in [3.63, 3.8) is 0 Å². The number of amidine groups is 1. The number of hydrogen-bond donors (Lipinski definition) is 1. The largest absolute Gasteiger partial charge is 0.496 e. The molecule has 1 fully saturated rings. The van der Waals surface area contributed by atoms with E-state index < -0.39 is 29.3 Å². The topological polar surface area (TPSA) is 80.9 Å². The van der Waals surface area contributed by atoms with Crippen LogP contribution in [-0.2, 0) is 11.3 Å². The molecule has 7 nitrogen and oxygen atoms in total. The maximum atomic E-state index is 13.4. The lowest BCUT2D eigenvalue weighted by atomic mass is 10.1. The molecule has 1 amide bonds. The van der Waals surface area contributed by atoms with Gasteiger partial charge in [0.1, 0.15) is 17.1 Å². The second-order valence-electron chi connectivity index (χ2n) is 5.90. The van der Waals surface area contributed by atoms with Crippen molar-refractivity contribution in [3.8, 4) is 5.75 Å². The molecule has 0 atom stereocenters. The fourth-order valence-electron chi connectivity index (χ4n) is 2.63. The van der Waals surface area contributed by atoms with Crippen LogP contribution in [0.25, 0.3) is 0 Å². The van der Waals surface area contributed by atoms with Gasteiger partial charge in [-0.25, -0.2) is 17.6 Å². The quantitative estimate of drug-likeness (QED) is 0.382. The monoisotopic (exact) mass is 463 g/mol. The lowest BCUT2D eigenvalue weighted by molar-refractivity contribution is -0.116. The fraction of sp³-hybridized carbons (Fsp3) is 0.294. The van der Waals surface area contributed by atoms with E-state index in [1.54, 1.807) is 18.2 Å². The molecule has 3 rings (SSSR count). The maximum absolute atomic E-state index is 13.4. The third-order valence-electron chi connectivity index (χ3n) is 3.94. The molecule has 1 saturated heterocycles. The first-order valence-corrected chi connectivity index (χ1v) is 9.69. The van der Waals surface area contributed by atoms with Gasteiger partial charge in [0.15, 0.2) is 5.17 Å². The summed E-state index contributed by atoms with van der Waals surface area (Å²) in [6.45, 7) is -0.280. The van der Waals surface area contributed by atoms with Gasteiger partial charge in [-0.15, -0.1) is 5.10 Å². The summed E-state index contributed by atoms with van der Waals surface area (Å²) in [7, 11) is 1.38. The first-order valence-electron chi connectivity index (χ1n) is 8.33. The van der Waals surface area contributed by atoms with Crippen molar-refractivity contribution in [2.75, 3.05) is 12.9 Å². The highest BCUT2D eigenvalue weighted by atomic mass is 35.5. The van der Waals surface area contributed by atoms with Crippen LogP contribution in [0.2, 0.25) is 5.02 Å². The van der Waals surface area contributed by atoms with Gasteiger partial charge in [0.25, 0.3) is 12.9 Å². The van der Waals surface area contributed by atoms with Crippen molar-refractivity contribution in [2.24, 2.45) is 10.2 Å². The molecule has 0 radical (unpaired) electrons. The summed E-state index contributed by atoms with van der Waals surface area (Å²) in [5, 5.41) is 13.4.